The minimum atomic E-state index is 0.500. The van der Waals surface area contributed by atoms with Crippen LogP contribution in [-0.4, -0.2) is 17.6 Å². The first-order valence-electron chi connectivity index (χ1n) is 7.29. The van der Waals surface area contributed by atoms with E-state index in [1.807, 2.05) is 6.20 Å². The van der Waals surface area contributed by atoms with Gasteiger partial charge in [-0.1, -0.05) is 32.0 Å². The van der Waals surface area contributed by atoms with Crippen LogP contribution < -0.4 is 5.32 Å². The van der Waals surface area contributed by atoms with Gasteiger partial charge in [0, 0.05) is 17.6 Å². The molecule has 3 rings (SSSR count). The SMILES string of the molecule is CCNC(Cc1ccnc2ccccc12)C1(C)CC1. The largest absolute Gasteiger partial charge is 0.313 e. The van der Waals surface area contributed by atoms with Crippen LogP contribution in [0.1, 0.15) is 32.3 Å². The average molecular weight is 254 g/mol. The molecule has 1 aromatic heterocycles. The molecule has 1 unspecified atom stereocenters. The third-order valence-electron chi connectivity index (χ3n) is 4.49. The van der Waals surface area contributed by atoms with Crippen LogP contribution >= 0.6 is 0 Å². The number of hydrogen-bond acceptors (Lipinski definition) is 2. The fraction of sp³-hybridized carbons (Fsp3) is 0.471. The Morgan fingerprint density at radius 2 is 2.05 bits per heavy atom. The van der Waals surface area contributed by atoms with Crippen LogP contribution in [0.25, 0.3) is 10.9 Å². The lowest BCUT2D eigenvalue weighted by atomic mass is 9.91. The molecule has 0 spiro atoms. The molecule has 1 fully saturated rings. The van der Waals surface area contributed by atoms with Gasteiger partial charge in [-0.25, -0.2) is 0 Å². The Morgan fingerprint density at radius 1 is 1.26 bits per heavy atom. The summed E-state index contributed by atoms with van der Waals surface area (Å²) in [5.74, 6) is 0. The van der Waals surface area contributed by atoms with Gasteiger partial charge in [0.2, 0.25) is 0 Å². The van der Waals surface area contributed by atoms with Gasteiger partial charge in [-0.2, -0.15) is 0 Å². The minimum absolute atomic E-state index is 0.500. The number of fused-ring (bicyclic) bond motifs is 1. The van der Waals surface area contributed by atoms with Crippen molar-refractivity contribution in [1.82, 2.24) is 10.3 Å². The summed E-state index contributed by atoms with van der Waals surface area (Å²) in [6.07, 6.45) is 5.75. The first-order valence-corrected chi connectivity index (χ1v) is 7.29. The highest BCUT2D eigenvalue weighted by atomic mass is 14.9. The van der Waals surface area contributed by atoms with E-state index in [1.165, 1.54) is 23.8 Å². The van der Waals surface area contributed by atoms with Crippen molar-refractivity contribution < 1.29 is 0 Å². The molecule has 0 amide bonds. The number of benzene rings is 1. The fourth-order valence-electron chi connectivity index (χ4n) is 2.91. The number of para-hydroxylation sites is 1. The van der Waals surface area contributed by atoms with Crippen molar-refractivity contribution in [1.29, 1.82) is 0 Å². The molecule has 1 aliphatic carbocycles. The summed E-state index contributed by atoms with van der Waals surface area (Å²) in [6.45, 7) is 5.65. The summed E-state index contributed by atoms with van der Waals surface area (Å²) in [5, 5.41) is 4.98. The molecule has 0 saturated heterocycles. The van der Waals surface area contributed by atoms with Crippen LogP contribution in [0.2, 0.25) is 0 Å². The summed E-state index contributed by atoms with van der Waals surface area (Å²) in [4.78, 5) is 4.45. The molecule has 0 aliphatic heterocycles. The zero-order chi connectivity index (χ0) is 13.3. The first-order chi connectivity index (χ1) is 9.23. The summed E-state index contributed by atoms with van der Waals surface area (Å²) in [5.41, 5.74) is 3.03. The molecule has 2 heteroatoms. The van der Waals surface area contributed by atoms with Crippen LogP contribution in [-0.2, 0) is 6.42 Å². The summed E-state index contributed by atoms with van der Waals surface area (Å²) < 4.78 is 0. The van der Waals surface area contributed by atoms with E-state index in [2.05, 4.69) is 54.5 Å². The third-order valence-corrected chi connectivity index (χ3v) is 4.49. The average Bonchev–Trinajstić information content (AvgIpc) is 3.18. The molecular formula is C17H22N2. The molecule has 1 aromatic carbocycles. The van der Waals surface area contributed by atoms with E-state index < -0.39 is 0 Å². The summed E-state index contributed by atoms with van der Waals surface area (Å²) >= 11 is 0. The number of pyridine rings is 1. The van der Waals surface area contributed by atoms with Crippen LogP contribution in [0.15, 0.2) is 36.5 Å². The van der Waals surface area contributed by atoms with Crippen molar-refractivity contribution >= 4 is 10.9 Å². The monoisotopic (exact) mass is 254 g/mol. The van der Waals surface area contributed by atoms with Crippen LogP contribution in [0, 0.1) is 5.41 Å². The Balaban J connectivity index is 1.91. The van der Waals surface area contributed by atoms with Gasteiger partial charge in [-0.05, 0) is 48.9 Å². The Morgan fingerprint density at radius 3 is 2.79 bits per heavy atom. The quantitative estimate of drug-likeness (QED) is 0.882. The molecule has 1 saturated carbocycles. The second-order valence-corrected chi connectivity index (χ2v) is 5.96. The normalized spacial score (nSPS) is 18.4. The zero-order valence-corrected chi connectivity index (χ0v) is 11.8. The maximum absolute atomic E-state index is 4.45. The van der Waals surface area contributed by atoms with Crippen molar-refractivity contribution in [2.45, 2.75) is 39.2 Å². The number of hydrogen-bond donors (Lipinski definition) is 1. The Bertz CT molecular complexity index is 567. The number of nitrogens with one attached hydrogen (secondary N) is 1. The van der Waals surface area contributed by atoms with Crippen LogP contribution in [0.3, 0.4) is 0 Å². The molecule has 0 bridgehead atoms. The van der Waals surface area contributed by atoms with Crippen molar-refractivity contribution in [3.63, 3.8) is 0 Å². The van der Waals surface area contributed by atoms with Crippen LogP contribution in [0.5, 0.6) is 0 Å². The fourth-order valence-corrected chi connectivity index (χ4v) is 2.91. The van der Waals surface area contributed by atoms with Crippen molar-refractivity contribution in [3.8, 4) is 0 Å². The van der Waals surface area contributed by atoms with Gasteiger partial charge in [0.05, 0.1) is 5.52 Å². The molecule has 1 heterocycles. The number of aromatic nitrogens is 1. The van der Waals surface area contributed by atoms with Crippen molar-refractivity contribution in [3.05, 3.63) is 42.1 Å². The summed E-state index contributed by atoms with van der Waals surface area (Å²) in [7, 11) is 0. The predicted molar refractivity (Wildman–Crippen MR) is 80.3 cm³/mol. The highest BCUT2D eigenvalue weighted by molar-refractivity contribution is 5.81. The third kappa shape index (κ3) is 2.50. The van der Waals surface area contributed by atoms with E-state index in [0.29, 0.717) is 11.5 Å². The highest BCUT2D eigenvalue weighted by Gasteiger charge is 2.44. The lowest BCUT2D eigenvalue weighted by molar-refractivity contribution is 0.361. The smallest absolute Gasteiger partial charge is 0.0704 e. The number of likely N-dealkylation sites (N-methyl/N-ethyl adjacent to an activating group) is 1. The van der Waals surface area contributed by atoms with Gasteiger partial charge in [0.1, 0.15) is 0 Å². The molecule has 2 nitrogen and oxygen atoms in total. The first kappa shape index (κ1) is 12.6. The Kier molecular flexibility index (Phi) is 3.28. The Labute approximate surface area is 115 Å². The molecule has 2 aromatic rings. The molecule has 100 valence electrons. The number of nitrogens with zero attached hydrogens (tertiary/aromatic N) is 1. The van der Waals surface area contributed by atoms with Gasteiger partial charge in [0.15, 0.2) is 0 Å². The lowest BCUT2D eigenvalue weighted by Gasteiger charge is -2.25. The minimum Gasteiger partial charge on any atom is -0.313 e. The van der Waals surface area contributed by atoms with E-state index in [1.54, 1.807) is 0 Å². The van der Waals surface area contributed by atoms with E-state index in [-0.39, 0.29) is 0 Å². The van der Waals surface area contributed by atoms with Gasteiger partial charge in [0.25, 0.3) is 0 Å². The molecule has 19 heavy (non-hydrogen) atoms. The molecule has 0 radical (unpaired) electrons. The number of rotatable bonds is 5. The van der Waals surface area contributed by atoms with E-state index in [9.17, 15) is 0 Å². The standard InChI is InChI=1S/C17H22N2/c1-3-18-16(17(2)9-10-17)12-13-8-11-19-15-7-5-4-6-14(13)15/h4-8,11,16,18H,3,9-10,12H2,1-2H3. The van der Waals surface area contributed by atoms with E-state index in [4.69, 9.17) is 0 Å². The van der Waals surface area contributed by atoms with Gasteiger partial charge in [-0.15, -0.1) is 0 Å². The van der Waals surface area contributed by atoms with Gasteiger partial charge < -0.3 is 5.32 Å². The second-order valence-electron chi connectivity index (χ2n) is 5.96. The molecular weight excluding hydrogens is 232 g/mol. The maximum Gasteiger partial charge on any atom is 0.0704 e. The predicted octanol–water partition coefficient (Wildman–Crippen LogP) is 3.56. The lowest BCUT2D eigenvalue weighted by Crippen LogP contribution is -2.38. The van der Waals surface area contributed by atoms with Crippen LogP contribution in [0.4, 0.5) is 0 Å². The van der Waals surface area contributed by atoms with Gasteiger partial charge >= 0.3 is 0 Å². The van der Waals surface area contributed by atoms with Crippen molar-refractivity contribution in [2.24, 2.45) is 5.41 Å². The van der Waals surface area contributed by atoms with Gasteiger partial charge in [-0.3, -0.25) is 4.98 Å². The van der Waals surface area contributed by atoms with E-state index in [0.717, 1.165) is 18.5 Å². The van der Waals surface area contributed by atoms with Crippen molar-refractivity contribution in [2.75, 3.05) is 6.54 Å². The topological polar surface area (TPSA) is 24.9 Å². The highest BCUT2D eigenvalue weighted by Crippen LogP contribution is 2.49. The van der Waals surface area contributed by atoms with E-state index >= 15 is 0 Å². The molecule has 1 atom stereocenters. The summed E-state index contributed by atoms with van der Waals surface area (Å²) in [6, 6.07) is 11.2. The second kappa shape index (κ2) is 4.93. The molecule has 1 N–H and O–H groups in total. The maximum atomic E-state index is 4.45. The molecule has 1 aliphatic rings. The Hall–Kier alpha value is -1.41. The zero-order valence-electron chi connectivity index (χ0n) is 11.8.